The van der Waals surface area contributed by atoms with E-state index in [0.717, 1.165) is 18.5 Å². The molecule has 1 aromatic heterocycles. The summed E-state index contributed by atoms with van der Waals surface area (Å²) in [5, 5.41) is 10.0. The molecule has 94 valence electrons. The van der Waals surface area contributed by atoms with Crippen LogP contribution in [0.15, 0.2) is 6.07 Å². The van der Waals surface area contributed by atoms with E-state index < -0.39 is 0 Å². The average Bonchev–Trinajstić information content (AvgIpc) is 2.85. The van der Waals surface area contributed by atoms with E-state index in [4.69, 9.17) is 0 Å². The normalized spacial score (nSPS) is 17.4. The smallest absolute Gasteiger partial charge is 0.228 e. The molecule has 0 atom stereocenters. The number of carbonyl (C=O) groups excluding carboxylic acids is 1. The summed E-state index contributed by atoms with van der Waals surface area (Å²) in [6.07, 6.45) is 4.38. The summed E-state index contributed by atoms with van der Waals surface area (Å²) in [5.41, 5.74) is 1.07. The van der Waals surface area contributed by atoms with Crippen molar-refractivity contribution in [1.29, 1.82) is 0 Å². The second-order valence-corrected chi connectivity index (χ2v) is 5.89. The fourth-order valence-electron chi connectivity index (χ4n) is 2.19. The molecule has 4 heteroatoms. The Bertz CT molecular complexity index is 397. The Morgan fingerprint density at radius 3 is 2.59 bits per heavy atom. The van der Waals surface area contributed by atoms with Crippen LogP contribution in [0.5, 0.6) is 0 Å². The fourth-order valence-corrected chi connectivity index (χ4v) is 2.19. The number of hydrogen-bond donors (Lipinski definition) is 2. The zero-order valence-corrected chi connectivity index (χ0v) is 10.8. The molecule has 1 aliphatic carbocycles. The van der Waals surface area contributed by atoms with Crippen LogP contribution in [0.2, 0.25) is 0 Å². The number of hydrogen-bond acceptors (Lipinski definition) is 2. The van der Waals surface area contributed by atoms with Crippen molar-refractivity contribution in [2.75, 3.05) is 5.32 Å². The number of nitrogens with one attached hydrogen (secondary N) is 2. The van der Waals surface area contributed by atoms with Gasteiger partial charge in [-0.25, -0.2) is 0 Å². The Labute approximate surface area is 102 Å². The Balaban J connectivity index is 1.99. The summed E-state index contributed by atoms with van der Waals surface area (Å²) < 4.78 is 0. The van der Waals surface area contributed by atoms with Crippen molar-refractivity contribution < 1.29 is 4.79 Å². The number of aromatic nitrogens is 2. The molecule has 1 saturated carbocycles. The molecule has 0 bridgehead atoms. The average molecular weight is 235 g/mol. The molecule has 17 heavy (non-hydrogen) atoms. The van der Waals surface area contributed by atoms with Gasteiger partial charge in [-0.1, -0.05) is 33.6 Å². The molecule has 0 saturated heterocycles. The number of H-pyrrole nitrogens is 1. The quantitative estimate of drug-likeness (QED) is 0.828. The first-order chi connectivity index (χ1) is 7.97. The minimum absolute atomic E-state index is 0.0311. The highest BCUT2D eigenvalue weighted by Gasteiger charge is 2.24. The van der Waals surface area contributed by atoms with E-state index in [1.54, 1.807) is 0 Å². The molecule has 2 rings (SSSR count). The zero-order chi connectivity index (χ0) is 12.5. The van der Waals surface area contributed by atoms with Crippen LogP contribution in [0, 0.1) is 5.92 Å². The lowest BCUT2D eigenvalue weighted by atomic mass is 9.92. The molecule has 0 unspecified atom stereocenters. The van der Waals surface area contributed by atoms with Gasteiger partial charge in [-0.3, -0.25) is 9.89 Å². The van der Waals surface area contributed by atoms with Gasteiger partial charge < -0.3 is 5.32 Å². The minimum Gasteiger partial charge on any atom is -0.309 e. The lowest BCUT2D eigenvalue weighted by molar-refractivity contribution is -0.119. The maximum absolute atomic E-state index is 11.9. The standard InChI is InChI=1S/C13H21N3O/c1-13(2,3)10-8-11(16-15-10)14-12(17)9-6-4-5-7-9/h8-9H,4-7H2,1-3H3,(H2,14,15,16,17). The van der Waals surface area contributed by atoms with Crippen molar-refractivity contribution in [2.45, 2.75) is 51.9 Å². The molecule has 1 heterocycles. The predicted octanol–water partition coefficient (Wildman–Crippen LogP) is 2.84. The van der Waals surface area contributed by atoms with Crippen LogP contribution in [0.25, 0.3) is 0 Å². The van der Waals surface area contributed by atoms with Crippen molar-refractivity contribution in [3.63, 3.8) is 0 Å². The monoisotopic (exact) mass is 235 g/mol. The zero-order valence-electron chi connectivity index (χ0n) is 10.8. The molecule has 1 fully saturated rings. The third kappa shape index (κ3) is 2.87. The summed E-state index contributed by atoms with van der Waals surface area (Å²) in [6, 6.07) is 1.92. The summed E-state index contributed by atoms with van der Waals surface area (Å²) >= 11 is 0. The van der Waals surface area contributed by atoms with Crippen molar-refractivity contribution in [3.8, 4) is 0 Å². The van der Waals surface area contributed by atoms with E-state index >= 15 is 0 Å². The highest BCUT2D eigenvalue weighted by molar-refractivity contribution is 5.91. The van der Waals surface area contributed by atoms with Gasteiger partial charge >= 0.3 is 0 Å². The summed E-state index contributed by atoms with van der Waals surface area (Å²) in [6.45, 7) is 6.34. The van der Waals surface area contributed by atoms with Crippen molar-refractivity contribution in [3.05, 3.63) is 11.8 Å². The van der Waals surface area contributed by atoms with Crippen LogP contribution in [-0.2, 0) is 10.2 Å². The van der Waals surface area contributed by atoms with Gasteiger partial charge in [-0.05, 0) is 12.8 Å². The molecule has 0 spiro atoms. The van der Waals surface area contributed by atoms with Crippen LogP contribution in [0.1, 0.15) is 52.1 Å². The molecule has 0 radical (unpaired) electrons. The molecule has 1 aliphatic rings. The summed E-state index contributed by atoms with van der Waals surface area (Å²) in [4.78, 5) is 11.9. The minimum atomic E-state index is 0.0311. The Morgan fingerprint density at radius 1 is 1.41 bits per heavy atom. The van der Waals surface area contributed by atoms with Gasteiger partial charge in [0, 0.05) is 23.1 Å². The predicted molar refractivity (Wildman–Crippen MR) is 67.9 cm³/mol. The van der Waals surface area contributed by atoms with E-state index in [1.165, 1.54) is 12.8 Å². The highest BCUT2D eigenvalue weighted by atomic mass is 16.1. The first kappa shape index (κ1) is 12.1. The molecule has 0 aliphatic heterocycles. The third-order valence-corrected chi connectivity index (χ3v) is 3.36. The number of aromatic amines is 1. The SMILES string of the molecule is CC(C)(C)c1cc(NC(=O)C2CCCC2)n[nH]1. The second kappa shape index (κ2) is 4.51. The third-order valence-electron chi connectivity index (χ3n) is 3.36. The van der Waals surface area contributed by atoms with Crippen LogP contribution in [0.4, 0.5) is 5.82 Å². The largest absolute Gasteiger partial charge is 0.309 e. The first-order valence-corrected chi connectivity index (χ1v) is 6.33. The van der Waals surface area contributed by atoms with Gasteiger partial charge in [0.2, 0.25) is 5.91 Å². The van der Waals surface area contributed by atoms with E-state index in [1.807, 2.05) is 6.07 Å². The lowest BCUT2D eigenvalue weighted by Crippen LogP contribution is -2.20. The van der Waals surface area contributed by atoms with Gasteiger partial charge in [0.25, 0.3) is 0 Å². The molecule has 1 aromatic rings. The Hall–Kier alpha value is -1.32. The lowest BCUT2D eigenvalue weighted by Gasteiger charge is -2.14. The number of carbonyl (C=O) groups is 1. The Morgan fingerprint density at radius 2 is 2.06 bits per heavy atom. The van der Waals surface area contributed by atoms with Crippen LogP contribution in [0.3, 0.4) is 0 Å². The van der Waals surface area contributed by atoms with E-state index in [-0.39, 0.29) is 17.2 Å². The number of nitrogens with zero attached hydrogens (tertiary/aromatic N) is 1. The number of anilines is 1. The summed E-state index contributed by atoms with van der Waals surface area (Å²) in [5.74, 6) is 0.950. The van der Waals surface area contributed by atoms with Crippen LogP contribution < -0.4 is 5.32 Å². The summed E-state index contributed by atoms with van der Waals surface area (Å²) in [7, 11) is 0. The maximum Gasteiger partial charge on any atom is 0.228 e. The molecule has 0 aromatic carbocycles. The van der Waals surface area contributed by atoms with Crippen molar-refractivity contribution >= 4 is 11.7 Å². The van der Waals surface area contributed by atoms with E-state index in [0.29, 0.717) is 5.82 Å². The van der Waals surface area contributed by atoms with Gasteiger partial charge in [0.1, 0.15) is 0 Å². The molecular formula is C13H21N3O. The van der Waals surface area contributed by atoms with Crippen molar-refractivity contribution in [2.24, 2.45) is 5.92 Å². The first-order valence-electron chi connectivity index (χ1n) is 6.33. The highest BCUT2D eigenvalue weighted by Crippen LogP contribution is 2.26. The van der Waals surface area contributed by atoms with Crippen LogP contribution in [-0.4, -0.2) is 16.1 Å². The van der Waals surface area contributed by atoms with Gasteiger partial charge in [0.15, 0.2) is 5.82 Å². The number of rotatable bonds is 2. The van der Waals surface area contributed by atoms with E-state index in [2.05, 4.69) is 36.3 Å². The molecule has 2 N–H and O–H groups in total. The topological polar surface area (TPSA) is 57.8 Å². The molecular weight excluding hydrogens is 214 g/mol. The Kier molecular flexibility index (Phi) is 3.22. The van der Waals surface area contributed by atoms with Gasteiger partial charge in [0.05, 0.1) is 0 Å². The maximum atomic E-state index is 11.9. The molecule has 1 amide bonds. The second-order valence-electron chi connectivity index (χ2n) is 5.89. The fraction of sp³-hybridized carbons (Fsp3) is 0.692. The van der Waals surface area contributed by atoms with Crippen LogP contribution >= 0.6 is 0 Å². The van der Waals surface area contributed by atoms with Gasteiger partial charge in [-0.15, -0.1) is 0 Å². The molecule has 4 nitrogen and oxygen atoms in total. The number of amides is 1. The van der Waals surface area contributed by atoms with Gasteiger partial charge in [-0.2, -0.15) is 5.10 Å². The van der Waals surface area contributed by atoms with Crippen molar-refractivity contribution in [1.82, 2.24) is 10.2 Å². The van der Waals surface area contributed by atoms with E-state index in [9.17, 15) is 4.79 Å².